The Morgan fingerprint density at radius 1 is 1.41 bits per heavy atom. The lowest BCUT2D eigenvalue weighted by Crippen LogP contribution is -2.57. The molecule has 120 valence electrons. The minimum atomic E-state index is -0.834. The number of rotatable bonds is 5. The molecule has 1 heterocycles. The zero-order valence-electron chi connectivity index (χ0n) is 13.3. The minimum Gasteiger partial charge on any atom is -0.475 e. The molecule has 2 rings (SSSR count). The first-order valence-electron chi connectivity index (χ1n) is 7.54. The topological polar surface area (TPSA) is 81.6 Å². The monoisotopic (exact) mass is 321 g/mol. The maximum Gasteiger partial charge on any atom is 0.271 e. The molecule has 1 aliphatic rings. The van der Waals surface area contributed by atoms with Gasteiger partial charge in [0, 0.05) is 18.2 Å². The molecule has 1 amide bonds. The summed E-state index contributed by atoms with van der Waals surface area (Å²) in [7, 11) is 0. The van der Waals surface area contributed by atoms with Gasteiger partial charge >= 0.3 is 0 Å². The molecule has 1 atom stereocenters. The highest BCUT2D eigenvalue weighted by molar-refractivity contribution is 7.80. The van der Waals surface area contributed by atoms with Gasteiger partial charge in [-0.25, -0.2) is 0 Å². The molecule has 1 aromatic rings. The van der Waals surface area contributed by atoms with Gasteiger partial charge in [-0.1, -0.05) is 33.0 Å². The maximum absolute atomic E-state index is 13.0. The number of hydrogen-bond acceptors (Lipinski definition) is 4. The van der Waals surface area contributed by atoms with E-state index >= 15 is 0 Å². The second-order valence-corrected chi connectivity index (χ2v) is 6.22. The normalized spacial score (nSPS) is 17.6. The molecule has 0 bridgehead atoms. The van der Waals surface area contributed by atoms with Crippen molar-refractivity contribution in [3.63, 3.8) is 0 Å². The molecule has 6 heteroatoms. The number of fused-ring (bicyclic) bond motifs is 1. The van der Waals surface area contributed by atoms with Crippen molar-refractivity contribution in [2.75, 3.05) is 17.2 Å². The number of carbonyl (C=O) groups is 1. The second-order valence-electron chi connectivity index (χ2n) is 5.75. The molecule has 0 aliphatic carbocycles. The highest BCUT2D eigenvalue weighted by atomic mass is 32.1. The molecule has 0 aromatic heterocycles. The van der Waals surface area contributed by atoms with Crippen LogP contribution < -0.4 is 21.1 Å². The second kappa shape index (κ2) is 6.12. The maximum atomic E-state index is 13.0. The third kappa shape index (κ3) is 2.75. The van der Waals surface area contributed by atoms with Crippen LogP contribution in [0.15, 0.2) is 18.2 Å². The number of benzene rings is 1. The zero-order chi connectivity index (χ0) is 16.5. The predicted octanol–water partition coefficient (Wildman–Crippen LogP) is 2.48. The predicted molar refractivity (Wildman–Crippen MR) is 93.1 cm³/mol. The van der Waals surface area contributed by atoms with E-state index in [1.54, 1.807) is 17.0 Å². The molecular weight excluding hydrogens is 298 g/mol. The first-order valence-corrected chi connectivity index (χ1v) is 7.95. The molecule has 1 unspecified atom stereocenters. The van der Waals surface area contributed by atoms with Crippen molar-refractivity contribution in [3.05, 3.63) is 18.2 Å². The van der Waals surface area contributed by atoms with E-state index in [2.05, 4.69) is 0 Å². The van der Waals surface area contributed by atoms with Crippen LogP contribution in [0.2, 0.25) is 0 Å². The van der Waals surface area contributed by atoms with Gasteiger partial charge in [-0.15, -0.1) is 0 Å². The van der Waals surface area contributed by atoms with Crippen molar-refractivity contribution in [1.29, 1.82) is 0 Å². The SMILES string of the molecule is CCC1(CC)Oc2ccc(N)cc2N(CC(C)C(N)=S)C1=O. The van der Waals surface area contributed by atoms with Crippen LogP contribution in [0.3, 0.4) is 0 Å². The van der Waals surface area contributed by atoms with Gasteiger partial charge in [0.2, 0.25) is 0 Å². The Balaban J connectivity index is 2.50. The van der Waals surface area contributed by atoms with Crippen LogP contribution in [0, 0.1) is 5.92 Å². The van der Waals surface area contributed by atoms with E-state index < -0.39 is 5.60 Å². The van der Waals surface area contributed by atoms with Crippen LogP contribution in [0.1, 0.15) is 33.6 Å². The van der Waals surface area contributed by atoms with Crippen LogP contribution in [-0.4, -0.2) is 23.0 Å². The molecule has 22 heavy (non-hydrogen) atoms. The molecule has 0 saturated heterocycles. The minimum absolute atomic E-state index is 0.0568. The molecule has 0 radical (unpaired) electrons. The summed E-state index contributed by atoms with van der Waals surface area (Å²) in [5.41, 5.74) is 12.0. The van der Waals surface area contributed by atoms with Gasteiger partial charge in [0.15, 0.2) is 5.60 Å². The zero-order valence-corrected chi connectivity index (χ0v) is 14.1. The summed E-state index contributed by atoms with van der Waals surface area (Å²) in [5, 5.41) is 0. The molecule has 4 N–H and O–H groups in total. The largest absolute Gasteiger partial charge is 0.475 e. The lowest BCUT2D eigenvalue weighted by molar-refractivity contribution is -0.136. The molecule has 5 nitrogen and oxygen atoms in total. The first kappa shape index (κ1) is 16.5. The van der Waals surface area contributed by atoms with Gasteiger partial charge < -0.3 is 21.1 Å². The third-order valence-corrected chi connectivity index (χ3v) is 4.70. The number of carbonyl (C=O) groups excluding carboxylic acids is 1. The van der Waals surface area contributed by atoms with Crippen molar-refractivity contribution in [2.24, 2.45) is 11.7 Å². The van der Waals surface area contributed by atoms with Crippen LogP contribution in [0.25, 0.3) is 0 Å². The Bertz CT molecular complexity index is 599. The number of anilines is 2. The highest BCUT2D eigenvalue weighted by Gasteiger charge is 2.46. The Kier molecular flexibility index (Phi) is 4.60. The summed E-state index contributed by atoms with van der Waals surface area (Å²) >= 11 is 5.05. The van der Waals surface area contributed by atoms with Gasteiger partial charge in [0.25, 0.3) is 5.91 Å². The van der Waals surface area contributed by atoms with Crippen LogP contribution in [-0.2, 0) is 4.79 Å². The summed E-state index contributed by atoms with van der Waals surface area (Å²) in [6.07, 6.45) is 1.20. The number of thiocarbonyl (C=S) groups is 1. The number of ether oxygens (including phenoxy) is 1. The van der Waals surface area contributed by atoms with E-state index in [0.29, 0.717) is 41.5 Å². The van der Waals surface area contributed by atoms with E-state index in [-0.39, 0.29) is 11.8 Å². The van der Waals surface area contributed by atoms with E-state index in [1.807, 2.05) is 26.8 Å². The fourth-order valence-electron chi connectivity index (χ4n) is 2.68. The van der Waals surface area contributed by atoms with Gasteiger partial charge in [0.1, 0.15) is 5.75 Å². The number of nitrogen functional groups attached to an aromatic ring is 1. The number of nitrogens with two attached hydrogens (primary N) is 2. The van der Waals surface area contributed by atoms with Crippen molar-refractivity contribution in [2.45, 2.75) is 39.2 Å². The van der Waals surface area contributed by atoms with E-state index in [1.165, 1.54) is 0 Å². The smallest absolute Gasteiger partial charge is 0.271 e. The van der Waals surface area contributed by atoms with Gasteiger partial charge in [-0.05, 0) is 31.0 Å². The van der Waals surface area contributed by atoms with Crippen molar-refractivity contribution < 1.29 is 9.53 Å². The van der Waals surface area contributed by atoms with Gasteiger partial charge in [-0.3, -0.25) is 4.79 Å². The Hall–Kier alpha value is -1.82. The molecule has 0 spiro atoms. The Morgan fingerprint density at radius 2 is 2.05 bits per heavy atom. The van der Waals surface area contributed by atoms with Crippen LogP contribution >= 0.6 is 12.2 Å². The fourth-order valence-corrected chi connectivity index (χ4v) is 2.76. The quantitative estimate of drug-likeness (QED) is 0.643. The highest BCUT2D eigenvalue weighted by Crippen LogP contribution is 2.41. The Labute approximate surface area is 136 Å². The summed E-state index contributed by atoms with van der Waals surface area (Å²) in [5.74, 6) is 0.532. The van der Waals surface area contributed by atoms with Crippen LogP contribution in [0.5, 0.6) is 5.75 Å². The number of nitrogens with zero attached hydrogens (tertiary/aromatic N) is 1. The van der Waals surface area contributed by atoms with Gasteiger partial charge in [0.05, 0.1) is 10.7 Å². The summed E-state index contributed by atoms with van der Waals surface area (Å²) < 4.78 is 6.05. The molecule has 1 aromatic carbocycles. The lowest BCUT2D eigenvalue weighted by Gasteiger charge is -2.42. The number of amides is 1. The van der Waals surface area contributed by atoms with Gasteiger partial charge in [-0.2, -0.15) is 0 Å². The van der Waals surface area contributed by atoms with Crippen molar-refractivity contribution in [3.8, 4) is 5.75 Å². The standard InChI is InChI=1S/C16H23N3O2S/c1-4-16(5-2)15(20)19(9-10(3)14(18)22)12-8-11(17)6-7-13(12)21-16/h6-8,10H,4-5,9,17H2,1-3H3,(H2,18,22). The van der Waals surface area contributed by atoms with E-state index in [9.17, 15) is 4.79 Å². The summed E-state index contributed by atoms with van der Waals surface area (Å²) in [6, 6.07) is 5.35. The average molecular weight is 321 g/mol. The average Bonchev–Trinajstić information content (AvgIpc) is 2.50. The van der Waals surface area contributed by atoms with Crippen LogP contribution in [0.4, 0.5) is 11.4 Å². The van der Waals surface area contributed by atoms with Crippen molar-refractivity contribution >= 4 is 34.5 Å². The molecular formula is C16H23N3O2S. The molecule has 1 aliphatic heterocycles. The summed E-state index contributed by atoms with van der Waals surface area (Å²) in [4.78, 5) is 15.1. The summed E-state index contributed by atoms with van der Waals surface area (Å²) in [6.45, 7) is 6.25. The third-order valence-electron chi connectivity index (χ3n) is 4.30. The molecule has 0 fully saturated rings. The van der Waals surface area contributed by atoms with E-state index in [4.69, 9.17) is 28.4 Å². The van der Waals surface area contributed by atoms with Crippen molar-refractivity contribution in [1.82, 2.24) is 0 Å². The van der Waals surface area contributed by atoms with E-state index in [0.717, 1.165) is 0 Å². The number of hydrogen-bond donors (Lipinski definition) is 2. The fraction of sp³-hybridized carbons (Fsp3) is 0.500. The lowest BCUT2D eigenvalue weighted by atomic mass is 9.92. The Morgan fingerprint density at radius 3 is 2.59 bits per heavy atom. The first-order chi connectivity index (χ1) is 10.3. The molecule has 0 saturated carbocycles.